The Bertz CT molecular complexity index is 596. The van der Waals surface area contributed by atoms with Crippen LogP contribution in [-0.2, 0) is 12.0 Å². The van der Waals surface area contributed by atoms with Crippen LogP contribution in [0.25, 0.3) is 0 Å². The molecule has 19 heavy (non-hydrogen) atoms. The summed E-state index contributed by atoms with van der Waals surface area (Å²) in [6.07, 6.45) is 0.695. The molecule has 0 heterocycles. The first-order valence-electron chi connectivity index (χ1n) is 5.87. The molecule has 0 aliphatic heterocycles. The van der Waals surface area contributed by atoms with Crippen molar-refractivity contribution >= 4 is 39.1 Å². The summed E-state index contributed by atoms with van der Waals surface area (Å²) in [6, 6.07) is 13.7. The van der Waals surface area contributed by atoms with Crippen LogP contribution in [0.1, 0.15) is 18.1 Å². The van der Waals surface area contributed by atoms with E-state index in [-0.39, 0.29) is 0 Å². The monoisotopic (exact) mass is 357 g/mol. The van der Waals surface area contributed by atoms with Crippen LogP contribution >= 0.6 is 39.1 Å². The molecule has 100 valence electrons. The molecule has 0 saturated carbocycles. The highest BCUT2D eigenvalue weighted by atomic mass is 79.9. The molecule has 0 radical (unpaired) electrons. The van der Waals surface area contributed by atoms with Gasteiger partial charge in [0.2, 0.25) is 0 Å². The fourth-order valence-electron chi connectivity index (χ4n) is 2.02. The lowest BCUT2D eigenvalue weighted by molar-refractivity contribution is 0.491. The van der Waals surface area contributed by atoms with E-state index in [9.17, 15) is 0 Å². The van der Waals surface area contributed by atoms with Crippen LogP contribution in [-0.4, -0.2) is 0 Å². The van der Waals surface area contributed by atoms with E-state index in [1.54, 1.807) is 6.07 Å². The molecule has 0 aromatic heterocycles. The standard InChI is InChI=1S/C15H14BrCl2N/c1-15(19,11-3-2-4-12(16)8-11)9-10-5-6-13(17)14(18)7-10/h2-8H,9,19H2,1H3. The third-order valence-electron chi connectivity index (χ3n) is 3.04. The molecule has 0 saturated heterocycles. The van der Waals surface area contributed by atoms with Crippen molar-refractivity contribution in [3.63, 3.8) is 0 Å². The van der Waals surface area contributed by atoms with Gasteiger partial charge in [0.05, 0.1) is 10.0 Å². The van der Waals surface area contributed by atoms with E-state index in [0.717, 1.165) is 15.6 Å². The predicted octanol–water partition coefficient (Wildman–Crippen LogP) is 5.17. The maximum atomic E-state index is 6.43. The second kappa shape index (κ2) is 5.84. The third kappa shape index (κ3) is 3.73. The second-order valence-corrected chi connectivity index (χ2v) is 6.58. The van der Waals surface area contributed by atoms with E-state index in [4.69, 9.17) is 28.9 Å². The zero-order valence-electron chi connectivity index (χ0n) is 10.5. The number of nitrogens with two attached hydrogens (primary N) is 1. The fraction of sp³-hybridized carbons (Fsp3) is 0.200. The first kappa shape index (κ1) is 14.9. The van der Waals surface area contributed by atoms with Crippen molar-refractivity contribution in [1.82, 2.24) is 0 Å². The normalized spacial score (nSPS) is 14.2. The van der Waals surface area contributed by atoms with Crippen molar-refractivity contribution in [2.75, 3.05) is 0 Å². The van der Waals surface area contributed by atoms with Crippen LogP contribution in [0.5, 0.6) is 0 Å². The molecule has 2 aromatic rings. The SMILES string of the molecule is CC(N)(Cc1ccc(Cl)c(Cl)c1)c1cccc(Br)c1. The zero-order chi connectivity index (χ0) is 14.0. The Morgan fingerprint density at radius 3 is 2.47 bits per heavy atom. The highest BCUT2D eigenvalue weighted by Crippen LogP contribution is 2.28. The molecule has 2 aromatic carbocycles. The summed E-state index contributed by atoms with van der Waals surface area (Å²) < 4.78 is 1.02. The van der Waals surface area contributed by atoms with Gasteiger partial charge in [0.25, 0.3) is 0 Å². The summed E-state index contributed by atoms with van der Waals surface area (Å²) in [6.45, 7) is 2.01. The molecule has 1 unspecified atom stereocenters. The molecule has 2 rings (SSSR count). The van der Waals surface area contributed by atoms with Gasteiger partial charge in [0, 0.05) is 10.0 Å². The summed E-state index contributed by atoms with van der Waals surface area (Å²) in [5.41, 5.74) is 8.12. The van der Waals surface area contributed by atoms with Crippen LogP contribution in [0.2, 0.25) is 10.0 Å². The molecule has 0 bridgehead atoms. The second-order valence-electron chi connectivity index (χ2n) is 4.85. The van der Waals surface area contributed by atoms with Gasteiger partial charge in [-0.15, -0.1) is 0 Å². The molecule has 0 amide bonds. The van der Waals surface area contributed by atoms with E-state index < -0.39 is 5.54 Å². The van der Waals surface area contributed by atoms with E-state index in [0.29, 0.717) is 16.5 Å². The molecular weight excluding hydrogens is 345 g/mol. The summed E-state index contributed by atoms with van der Waals surface area (Å²) in [4.78, 5) is 0. The van der Waals surface area contributed by atoms with Crippen LogP contribution in [0.3, 0.4) is 0 Å². The van der Waals surface area contributed by atoms with Crippen molar-refractivity contribution < 1.29 is 0 Å². The Kier molecular flexibility index (Phi) is 4.57. The molecule has 0 spiro atoms. The lowest BCUT2D eigenvalue weighted by Gasteiger charge is -2.26. The van der Waals surface area contributed by atoms with Gasteiger partial charge in [0.15, 0.2) is 0 Å². The number of hydrogen-bond acceptors (Lipinski definition) is 1. The van der Waals surface area contributed by atoms with Gasteiger partial charge < -0.3 is 5.73 Å². The summed E-state index contributed by atoms with van der Waals surface area (Å²) >= 11 is 15.4. The Labute approximate surface area is 131 Å². The minimum absolute atomic E-state index is 0.457. The predicted molar refractivity (Wildman–Crippen MR) is 85.8 cm³/mol. The molecule has 0 aliphatic rings. The maximum absolute atomic E-state index is 6.43. The van der Waals surface area contributed by atoms with Crippen molar-refractivity contribution in [2.24, 2.45) is 5.73 Å². The lowest BCUT2D eigenvalue weighted by Crippen LogP contribution is -2.35. The van der Waals surface area contributed by atoms with E-state index in [1.165, 1.54) is 0 Å². The summed E-state index contributed by atoms with van der Waals surface area (Å²) in [5, 5.41) is 1.12. The van der Waals surface area contributed by atoms with Gasteiger partial charge in [-0.1, -0.05) is 57.3 Å². The Morgan fingerprint density at radius 2 is 1.84 bits per heavy atom. The van der Waals surface area contributed by atoms with Crippen LogP contribution in [0.15, 0.2) is 46.9 Å². The molecule has 1 nitrogen and oxygen atoms in total. The smallest absolute Gasteiger partial charge is 0.0595 e. The van der Waals surface area contributed by atoms with Crippen LogP contribution < -0.4 is 5.73 Å². The molecule has 4 heteroatoms. The number of rotatable bonds is 3. The molecule has 2 N–H and O–H groups in total. The average Bonchev–Trinajstić information content (AvgIpc) is 2.33. The first-order valence-corrected chi connectivity index (χ1v) is 7.42. The van der Waals surface area contributed by atoms with E-state index in [2.05, 4.69) is 15.9 Å². The van der Waals surface area contributed by atoms with E-state index >= 15 is 0 Å². The fourth-order valence-corrected chi connectivity index (χ4v) is 2.74. The van der Waals surface area contributed by atoms with Crippen molar-refractivity contribution in [1.29, 1.82) is 0 Å². The Morgan fingerprint density at radius 1 is 1.11 bits per heavy atom. The van der Waals surface area contributed by atoms with Gasteiger partial charge >= 0.3 is 0 Å². The minimum atomic E-state index is -0.457. The topological polar surface area (TPSA) is 26.0 Å². The Balaban J connectivity index is 2.27. The largest absolute Gasteiger partial charge is 0.321 e. The van der Waals surface area contributed by atoms with Gasteiger partial charge in [-0.3, -0.25) is 0 Å². The molecule has 1 atom stereocenters. The zero-order valence-corrected chi connectivity index (χ0v) is 13.6. The third-order valence-corrected chi connectivity index (χ3v) is 4.27. The van der Waals surface area contributed by atoms with E-state index in [1.807, 2.05) is 43.3 Å². The van der Waals surface area contributed by atoms with Crippen molar-refractivity contribution in [3.8, 4) is 0 Å². The molecule has 0 aliphatic carbocycles. The number of benzene rings is 2. The maximum Gasteiger partial charge on any atom is 0.0595 e. The highest BCUT2D eigenvalue weighted by Gasteiger charge is 2.22. The number of halogens is 3. The first-order chi connectivity index (χ1) is 8.88. The summed E-state index contributed by atoms with van der Waals surface area (Å²) in [7, 11) is 0. The Hall–Kier alpha value is -0.540. The van der Waals surface area contributed by atoms with Gasteiger partial charge in [-0.05, 0) is 48.7 Å². The van der Waals surface area contributed by atoms with Gasteiger partial charge in [0.1, 0.15) is 0 Å². The minimum Gasteiger partial charge on any atom is -0.321 e. The van der Waals surface area contributed by atoms with Gasteiger partial charge in [-0.2, -0.15) is 0 Å². The average molecular weight is 359 g/mol. The van der Waals surface area contributed by atoms with Crippen LogP contribution in [0, 0.1) is 0 Å². The molecule has 0 fully saturated rings. The lowest BCUT2D eigenvalue weighted by atomic mass is 9.87. The van der Waals surface area contributed by atoms with Crippen molar-refractivity contribution in [3.05, 3.63) is 68.1 Å². The quantitative estimate of drug-likeness (QED) is 0.804. The van der Waals surface area contributed by atoms with Crippen LogP contribution in [0.4, 0.5) is 0 Å². The molecular formula is C15H14BrCl2N. The highest BCUT2D eigenvalue weighted by molar-refractivity contribution is 9.10. The number of hydrogen-bond donors (Lipinski definition) is 1. The summed E-state index contributed by atoms with van der Waals surface area (Å²) in [5.74, 6) is 0. The van der Waals surface area contributed by atoms with Gasteiger partial charge in [-0.25, -0.2) is 0 Å². The van der Waals surface area contributed by atoms with Crippen molar-refractivity contribution in [2.45, 2.75) is 18.9 Å².